The van der Waals surface area contributed by atoms with Crippen LogP contribution in [0.5, 0.6) is 0 Å². The van der Waals surface area contributed by atoms with Gasteiger partial charge in [0.2, 0.25) is 0 Å². The summed E-state index contributed by atoms with van der Waals surface area (Å²) in [5.41, 5.74) is 0.123. The molecule has 2 aromatic carbocycles. The summed E-state index contributed by atoms with van der Waals surface area (Å²) in [5, 5.41) is 10.1. The molecule has 1 aliphatic rings. The molecule has 1 N–H and O–H groups in total. The summed E-state index contributed by atoms with van der Waals surface area (Å²) >= 11 is 12.1. The number of carbonyl (C=O) groups is 2. The first-order valence-electron chi connectivity index (χ1n) is 8.14. The number of hydrogen-bond acceptors (Lipinski definition) is 3. The number of rotatable bonds is 5. The Kier molecular flexibility index (Phi) is 5.23. The lowest BCUT2D eigenvalue weighted by molar-refractivity contribution is -0.124. The van der Waals surface area contributed by atoms with E-state index in [0.29, 0.717) is 22.2 Å². The zero-order chi connectivity index (χ0) is 18.9. The predicted molar refractivity (Wildman–Crippen MR) is 102 cm³/mol. The number of benzene rings is 2. The molecule has 1 saturated heterocycles. The van der Waals surface area contributed by atoms with E-state index in [4.69, 9.17) is 23.2 Å². The van der Waals surface area contributed by atoms with Gasteiger partial charge in [0.1, 0.15) is 5.54 Å². The van der Waals surface area contributed by atoms with Crippen molar-refractivity contribution in [2.24, 2.45) is 0 Å². The van der Waals surface area contributed by atoms with Crippen LogP contribution in [0.2, 0.25) is 10.0 Å². The minimum atomic E-state index is -1.12. The minimum absolute atomic E-state index is 0.0543. The maximum atomic E-state index is 13.2. The van der Waals surface area contributed by atoms with Crippen molar-refractivity contribution >= 4 is 40.8 Å². The molecule has 0 spiro atoms. The van der Waals surface area contributed by atoms with Gasteiger partial charge in [0, 0.05) is 23.0 Å². The molecule has 0 aliphatic carbocycles. The van der Waals surface area contributed by atoms with Crippen LogP contribution in [0.25, 0.3) is 0 Å². The normalized spacial score (nSPS) is 20.2. The molecule has 7 heteroatoms. The SMILES string of the molecule is CC1(Cc2ccccc2)C(=O)N(c2cc(Cl)cc(Cl)c2)C(=O)N1CCO. The fraction of sp³-hybridized carbons (Fsp3) is 0.263. The molecule has 0 radical (unpaired) electrons. The number of anilines is 1. The third-order valence-electron chi connectivity index (χ3n) is 4.50. The van der Waals surface area contributed by atoms with Crippen molar-refractivity contribution in [3.8, 4) is 0 Å². The Morgan fingerprint density at radius 3 is 2.23 bits per heavy atom. The molecular formula is C19H18Cl2N2O3. The van der Waals surface area contributed by atoms with Gasteiger partial charge in [-0.2, -0.15) is 0 Å². The second kappa shape index (κ2) is 7.27. The number of carbonyl (C=O) groups excluding carboxylic acids is 2. The Labute approximate surface area is 161 Å². The first-order chi connectivity index (χ1) is 12.4. The highest BCUT2D eigenvalue weighted by Gasteiger charge is 2.54. The van der Waals surface area contributed by atoms with Gasteiger partial charge in [-0.05, 0) is 30.7 Å². The van der Waals surface area contributed by atoms with E-state index in [9.17, 15) is 14.7 Å². The van der Waals surface area contributed by atoms with E-state index >= 15 is 0 Å². The fourth-order valence-corrected chi connectivity index (χ4v) is 3.79. The summed E-state index contributed by atoms with van der Waals surface area (Å²) < 4.78 is 0. The van der Waals surface area contributed by atoms with Gasteiger partial charge < -0.3 is 10.0 Å². The molecule has 136 valence electrons. The van der Waals surface area contributed by atoms with Gasteiger partial charge in [-0.25, -0.2) is 9.69 Å². The molecule has 0 aromatic heterocycles. The van der Waals surface area contributed by atoms with Crippen molar-refractivity contribution in [3.63, 3.8) is 0 Å². The molecule has 2 aromatic rings. The number of aliphatic hydroxyl groups excluding tert-OH is 1. The van der Waals surface area contributed by atoms with Crippen LogP contribution >= 0.6 is 23.2 Å². The molecule has 1 aliphatic heterocycles. The van der Waals surface area contributed by atoms with E-state index < -0.39 is 11.6 Å². The van der Waals surface area contributed by atoms with Crippen molar-refractivity contribution in [2.75, 3.05) is 18.1 Å². The maximum Gasteiger partial charge on any atom is 0.332 e. The van der Waals surface area contributed by atoms with Crippen LogP contribution in [-0.4, -0.2) is 40.6 Å². The molecule has 1 fully saturated rings. The molecule has 0 bridgehead atoms. The number of hydrogen-bond donors (Lipinski definition) is 1. The lowest BCUT2D eigenvalue weighted by Gasteiger charge is -2.31. The van der Waals surface area contributed by atoms with Crippen molar-refractivity contribution in [3.05, 3.63) is 64.1 Å². The van der Waals surface area contributed by atoms with Crippen molar-refractivity contribution in [1.29, 1.82) is 0 Å². The Bertz CT molecular complexity index is 824. The average molecular weight is 393 g/mol. The van der Waals surface area contributed by atoms with Gasteiger partial charge in [0.25, 0.3) is 5.91 Å². The third-order valence-corrected chi connectivity index (χ3v) is 4.94. The van der Waals surface area contributed by atoms with Gasteiger partial charge in [-0.3, -0.25) is 4.79 Å². The lowest BCUT2D eigenvalue weighted by atomic mass is 9.91. The summed E-state index contributed by atoms with van der Waals surface area (Å²) in [4.78, 5) is 28.7. The molecule has 1 atom stereocenters. The topological polar surface area (TPSA) is 60.9 Å². The quantitative estimate of drug-likeness (QED) is 0.787. The molecule has 0 saturated carbocycles. The van der Waals surface area contributed by atoms with Crippen molar-refractivity contribution in [2.45, 2.75) is 18.9 Å². The van der Waals surface area contributed by atoms with Gasteiger partial charge >= 0.3 is 6.03 Å². The largest absolute Gasteiger partial charge is 0.395 e. The standard InChI is InChI=1S/C19H18Cl2N2O3/c1-19(12-13-5-3-2-4-6-13)17(25)23(18(26)22(19)7-8-24)16-10-14(20)9-15(21)11-16/h2-6,9-11,24H,7-8,12H2,1H3. The summed E-state index contributed by atoms with van der Waals surface area (Å²) in [5.74, 6) is -0.377. The maximum absolute atomic E-state index is 13.2. The van der Waals surface area contributed by atoms with E-state index in [0.717, 1.165) is 10.5 Å². The molecular weight excluding hydrogens is 375 g/mol. The van der Waals surface area contributed by atoms with Crippen LogP contribution in [0.15, 0.2) is 48.5 Å². The van der Waals surface area contributed by atoms with Crippen LogP contribution in [0.1, 0.15) is 12.5 Å². The highest BCUT2D eigenvalue weighted by Crippen LogP contribution is 2.36. The number of urea groups is 1. The Hall–Kier alpha value is -2.08. The number of β-amino-alcohol motifs (C(OH)–C–C–N with tert-alkyl or cyclic N) is 1. The molecule has 5 nitrogen and oxygen atoms in total. The number of aliphatic hydroxyl groups is 1. The second-order valence-electron chi connectivity index (χ2n) is 6.36. The summed E-state index contributed by atoms with van der Waals surface area (Å²) in [6, 6.07) is 13.5. The zero-order valence-electron chi connectivity index (χ0n) is 14.2. The zero-order valence-corrected chi connectivity index (χ0v) is 15.7. The van der Waals surface area contributed by atoms with E-state index in [1.807, 2.05) is 30.3 Å². The number of imide groups is 1. The van der Waals surface area contributed by atoms with Crippen LogP contribution < -0.4 is 4.90 Å². The Balaban J connectivity index is 2.04. The van der Waals surface area contributed by atoms with E-state index in [-0.39, 0.29) is 19.1 Å². The average Bonchev–Trinajstić information content (AvgIpc) is 2.76. The monoisotopic (exact) mass is 392 g/mol. The summed E-state index contributed by atoms with van der Waals surface area (Å²) in [6.07, 6.45) is 0.337. The van der Waals surface area contributed by atoms with E-state index in [2.05, 4.69) is 0 Å². The molecule has 3 rings (SSSR count). The number of amides is 3. The number of halogens is 2. The smallest absolute Gasteiger partial charge is 0.332 e. The van der Waals surface area contributed by atoms with E-state index in [1.165, 1.54) is 23.1 Å². The highest BCUT2D eigenvalue weighted by molar-refractivity contribution is 6.35. The van der Waals surface area contributed by atoms with Crippen LogP contribution in [0.4, 0.5) is 10.5 Å². The molecule has 3 amide bonds. The van der Waals surface area contributed by atoms with Crippen molar-refractivity contribution < 1.29 is 14.7 Å². The Morgan fingerprint density at radius 1 is 1.04 bits per heavy atom. The van der Waals surface area contributed by atoms with Gasteiger partial charge in [-0.1, -0.05) is 53.5 Å². The molecule has 1 unspecified atom stereocenters. The lowest BCUT2D eigenvalue weighted by Crippen LogP contribution is -2.49. The second-order valence-corrected chi connectivity index (χ2v) is 7.24. The predicted octanol–water partition coefficient (Wildman–Crippen LogP) is 3.76. The van der Waals surface area contributed by atoms with Gasteiger partial charge in [0.15, 0.2) is 0 Å². The highest BCUT2D eigenvalue weighted by atomic mass is 35.5. The van der Waals surface area contributed by atoms with Crippen molar-refractivity contribution in [1.82, 2.24) is 4.90 Å². The summed E-state index contributed by atoms with van der Waals surface area (Å²) in [6.45, 7) is 1.52. The third kappa shape index (κ3) is 3.30. The molecule has 26 heavy (non-hydrogen) atoms. The minimum Gasteiger partial charge on any atom is -0.395 e. The summed E-state index contributed by atoms with van der Waals surface area (Å²) in [7, 11) is 0. The fourth-order valence-electron chi connectivity index (χ4n) is 3.28. The first-order valence-corrected chi connectivity index (χ1v) is 8.89. The van der Waals surface area contributed by atoms with Gasteiger partial charge in [-0.15, -0.1) is 0 Å². The van der Waals surface area contributed by atoms with Crippen LogP contribution in [0.3, 0.4) is 0 Å². The van der Waals surface area contributed by atoms with Crippen LogP contribution in [0, 0.1) is 0 Å². The van der Waals surface area contributed by atoms with E-state index in [1.54, 1.807) is 6.92 Å². The van der Waals surface area contributed by atoms with Crippen LogP contribution in [-0.2, 0) is 11.2 Å². The molecule has 1 heterocycles. The van der Waals surface area contributed by atoms with Gasteiger partial charge in [0.05, 0.1) is 12.3 Å². The Morgan fingerprint density at radius 2 is 1.65 bits per heavy atom. The first kappa shape index (κ1) is 18.7. The number of nitrogens with zero attached hydrogens (tertiary/aromatic N) is 2.